The Morgan fingerprint density at radius 1 is 0.929 bits per heavy atom. The first-order valence-electron chi connectivity index (χ1n) is 9.12. The number of benzene rings is 2. The minimum absolute atomic E-state index is 0.140. The van der Waals surface area contributed by atoms with Crippen molar-refractivity contribution in [3.63, 3.8) is 0 Å². The van der Waals surface area contributed by atoms with Crippen molar-refractivity contribution in [3.8, 4) is 23.0 Å². The van der Waals surface area contributed by atoms with Crippen molar-refractivity contribution in [1.29, 1.82) is 0 Å². The summed E-state index contributed by atoms with van der Waals surface area (Å²) in [6, 6.07) is 9.24. The van der Waals surface area contributed by atoms with Gasteiger partial charge in [-0.1, -0.05) is 0 Å². The zero-order valence-corrected chi connectivity index (χ0v) is 15.5. The predicted octanol–water partition coefficient (Wildman–Crippen LogP) is 2.40. The maximum absolute atomic E-state index is 12.6. The fourth-order valence-electron chi connectivity index (χ4n) is 4.54. The Bertz CT molecular complexity index is 932. The third kappa shape index (κ3) is 2.43. The van der Waals surface area contributed by atoms with E-state index in [1.807, 2.05) is 24.3 Å². The van der Waals surface area contributed by atoms with Gasteiger partial charge in [0.2, 0.25) is 6.79 Å². The zero-order chi connectivity index (χ0) is 19.4. The van der Waals surface area contributed by atoms with Crippen molar-refractivity contribution in [2.24, 2.45) is 11.8 Å². The summed E-state index contributed by atoms with van der Waals surface area (Å²) in [5.74, 6) is 1.01. The number of rotatable bonds is 3. The van der Waals surface area contributed by atoms with Gasteiger partial charge in [-0.3, -0.25) is 4.79 Å². The molecular weight excluding hydrogens is 364 g/mol. The first-order valence-corrected chi connectivity index (χ1v) is 9.12. The molecule has 4 unspecified atom stereocenters. The number of aliphatic hydroxyl groups is 1. The minimum Gasteiger partial charge on any atom is -0.497 e. The normalized spacial score (nSPS) is 27.0. The molecule has 3 aliphatic rings. The second-order valence-electron chi connectivity index (χ2n) is 7.22. The zero-order valence-electron chi connectivity index (χ0n) is 15.5. The molecule has 1 saturated heterocycles. The van der Waals surface area contributed by atoms with Crippen LogP contribution < -0.4 is 18.9 Å². The van der Waals surface area contributed by atoms with Gasteiger partial charge in [-0.25, -0.2) is 0 Å². The molecule has 1 fully saturated rings. The van der Waals surface area contributed by atoms with Crippen molar-refractivity contribution in [2.45, 2.75) is 12.0 Å². The Balaban J connectivity index is 1.73. The summed E-state index contributed by atoms with van der Waals surface area (Å²) in [7, 11) is 3.17. The third-order valence-electron chi connectivity index (χ3n) is 5.88. The molecule has 4 atom stereocenters. The van der Waals surface area contributed by atoms with Crippen molar-refractivity contribution >= 4 is 5.97 Å². The molecule has 1 N–H and O–H groups in total. The molecule has 1 aliphatic carbocycles. The highest BCUT2D eigenvalue weighted by molar-refractivity contribution is 5.78. The van der Waals surface area contributed by atoms with E-state index in [4.69, 9.17) is 23.7 Å². The number of hydrogen-bond acceptors (Lipinski definition) is 7. The molecule has 5 rings (SSSR count). The van der Waals surface area contributed by atoms with Crippen LogP contribution in [0.1, 0.15) is 28.7 Å². The third-order valence-corrected chi connectivity index (χ3v) is 5.88. The standard InChI is InChI=1S/C21H20O7/c1-24-11-3-10(4-12(5-11)25-2)18-13-6-16-17(28-9-27-16)7-14(13)20(22)15-8-26-21(23)19(15)18/h3-7,15,18-20,22H,8-9H2,1-2H3. The lowest BCUT2D eigenvalue weighted by Gasteiger charge is -2.36. The monoisotopic (exact) mass is 384 g/mol. The largest absolute Gasteiger partial charge is 0.497 e. The average molecular weight is 384 g/mol. The van der Waals surface area contributed by atoms with E-state index < -0.39 is 12.0 Å². The number of carbonyl (C=O) groups excluding carboxylic acids is 1. The van der Waals surface area contributed by atoms with E-state index in [1.165, 1.54) is 0 Å². The van der Waals surface area contributed by atoms with Crippen LogP contribution >= 0.6 is 0 Å². The van der Waals surface area contributed by atoms with Gasteiger partial charge in [0.1, 0.15) is 11.5 Å². The highest BCUT2D eigenvalue weighted by Crippen LogP contribution is 2.54. The van der Waals surface area contributed by atoms with Crippen LogP contribution in [0, 0.1) is 11.8 Å². The van der Waals surface area contributed by atoms with Crippen LogP contribution in [-0.4, -0.2) is 38.7 Å². The Morgan fingerprint density at radius 2 is 1.57 bits per heavy atom. The molecule has 0 saturated carbocycles. The minimum atomic E-state index is -0.815. The molecule has 2 heterocycles. The molecule has 146 valence electrons. The maximum atomic E-state index is 12.6. The number of hydrogen-bond donors (Lipinski definition) is 1. The molecule has 2 aliphatic heterocycles. The lowest BCUT2D eigenvalue weighted by atomic mass is 9.66. The van der Waals surface area contributed by atoms with E-state index in [0.29, 0.717) is 23.0 Å². The van der Waals surface area contributed by atoms with E-state index in [1.54, 1.807) is 20.3 Å². The van der Waals surface area contributed by atoms with Crippen LogP contribution in [0.15, 0.2) is 30.3 Å². The predicted molar refractivity (Wildman–Crippen MR) is 96.9 cm³/mol. The van der Waals surface area contributed by atoms with Gasteiger partial charge in [-0.2, -0.15) is 0 Å². The Kier molecular flexibility index (Phi) is 3.87. The van der Waals surface area contributed by atoms with E-state index >= 15 is 0 Å². The van der Waals surface area contributed by atoms with Crippen molar-refractivity contribution in [1.82, 2.24) is 0 Å². The van der Waals surface area contributed by atoms with Gasteiger partial charge < -0.3 is 28.8 Å². The van der Waals surface area contributed by atoms with Crippen molar-refractivity contribution in [3.05, 3.63) is 47.0 Å². The Hall–Kier alpha value is -2.93. The summed E-state index contributed by atoms with van der Waals surface area (Å²) < 4.78 is 27.2. The summed E-state index contributed by atoms with van der Waals surface area (Å²) in [5, 5.41) is 11.0. The van der Waals surface area contributed by atoms with E-state index in [9.17, 15) is 9.90 Å². The topological polar surface area (TPSA) is 83.5 Å². The van der Waals surface area contributed by atoms with E-state index in [2.05, 4.69) is 0 Å². The van der Waals surface area contributed by atoms with Gasteiger partial charge in [0.25, 0.3) is 0 Å². The molecule has 0 spiro atoms. The summed E-state index contributed by atoms with van der Waals surface area (Å²) in [4.78, 5) is 12.6. The number of fused-ring (bicyclic) bond motifs is 3. The second kappa shape index (κ2) is 6.31. The number of carbonyl (C=O) groups is 1. The molecule has 0 bridgehead atoms. The maximum Gasteiger partial charge on any atom is 0.310 e. The molecule has 2 aromatic rings. The molecule has 28 heavy (non-hydrogen) atoms. The molecule has 2 aromatic carbocycles. The molecule has 7 nitrogen and oxygen atoms in total. The van der Waals surface area contributed by atoms with E-state index in [-0.39, 0.29) is 31.2 Å². The van der Waals surface area contributed by atoms with Crippen LogP contribution in [0.4, 0.5) is 0 Å². The van der Waals surface area contributed by atoms with Crippen LogP contribution in [0.25, 0.3) is 0 Å². The van der Waals surface area contributed by atoms with Crippen molar-refractivity contribution < 1.29 is 33.6 Å². The van der Waals surface area contributed by atoms with Crippen molar-refractivity contribution in [2.75, 3.05) is 27.6 Å². The highest BCUT2D eigenvalue weighted by atomic mass is 16.7. The lowest BCUT2D eigenvalue weighted by Crippen LogP contribution is -2.34. The summed E-state index contributed by atoms with van der Waals surface area (Å²) in [5.41, 5.74) is 2.42. The van der Waals surface area contributed by atoms with Crippen LogP contribution in [0.5, 0.6) is 23.0 Å². The Morgan fingerprint density at radius 3 is 2.21 bits per heavy atom. The fourth-order valence-corrected chi connectivity index (χ4v) is 4.54. The number of cyclic esters (lactones) is 1. The van der Waals surface area contributed by atoms with Crippen LogP contribution in [0.2, 0.25) is 0 Å². The Labute approximate surface area is 161 Å². The number of aliphatic hydroxyl groups excluding tert-OH is 1. The number of esters is 1. The average Bonchev–Trinajstić information content (AvgIpc) is 3.33. The van der Waals surface area contributed by atoms with Crippen LogP contribution in [0.3, 0.4) is 0 Å². The number of ether oxygens (including phenoxy) is 5. The van der Waals surface area contributed by atoms with Gasteiger partial charge >= 0.3 is 5.97 Å². The number of methoxy groups -OCH3 is 2. The first kappa shape index (κ1) is 17.2. The quantitative estimate of drug-likeness (QED) is 0.814. The van der Waals surface area contributed by atoms with E-state index in [0.717, 1.165) is 16.7 Å². The fraction of sp³-hybridized carbons (Fsp3) is 0.381. The van der Waals surface area contributed by atoms with Gasteiger partial charge in [0, 0.05) is 17.9 Å². The molecule has 7 heteroatoms. The van der Waals surface area contributed by atoms with Gasteiger partial charge in [-0.15, -0.1) is 0 Å². The molecule has 0 amide bonds. The summed E-state index contributed by atoms with van der Waals surface area (Å²) >= 11 is 0. The van der Waals surface area contributed by atoms with Crippen LogP contribution in [-0.2, 0) is 9.53 Å². The van der Waals surface area contributed by atoms with Gasteiger partial charge in [0.05, 0.1) is 32.8 Å². The summed E-state index contributed by atoms with van der Waals surface area (Å²) in [6.45, 7) is 0.330. The lowest BCUT2D eigenvalue weighted by molar-refractivity contribution is -0.141. The van der Waals surface area contributed by atoms with Gasteiger partial charge in [-0.05, 0) is 41.0 Å². The molecular formula is C21H20O7. The smallest absolute Gasteiger partial charge is 0.310 e. The highest BCUT2D eigenvalue weighted by Gasteiger charge is 2.52. The second-order valence-corrected chi connectivity index (χ2v) is 7.22. The molecule has 0 aromatic heterocycles. The first-order chi connectivity index (χ1) is 13.6. The van der Waals surface area contributed by atoms with Gasteiger partial charge in [0.15, 0.2) is 11.5 Å². The summed E-state index contributed by atoms with van der Waals surface area (Å²) in [6.07, 6.45) is -0.815. The molecule has 0 radical (unpaired) electrons. The SMILES string of the molecule is COc1cc(OC)cc(C2c3cc4c(cc3C(O)C3COC(=O)C23)OCO4)c1.